The Bertz CT molecular complexity index is 377. The molecule has 18 heavy (non-hydrogen) atoms. The first-order valence-corrected chi connectivity index (χ1v) is 6.22. The van der Waals surface area contributed by atoms with Crippen molar-refractivity contribution in [1.82, 2.24) is 10.2 Å². The first-order valence-electron chi connectivity index (χ1n) is 6.22. The van der Waals surface area contributed by atoms with E-state index >= 15 is 0 Å². The molecule has 1 unspecified atom stereocenters. The summed E-state index contributed by atoms with van der Waals surface area (Å²) >= 11 is 0. The number of benzene rings is 1. The van der Waals surface area contributed by atoms with E-state index < -0.39 is 0 Å². The summed E-state index contributed by atoms with van der Waals surface area (Å²) in [6.07, 6.45) is 0. The van der Waals surface area contributed by atoms with Crippen LogP contribution in [0, 0.1) is 5.92 Å². The average Bonchev–Trinajstić information content (AvgIpc) is 2.28. The van der Waals surface area contributed by atoms with Gasteiger partial charge in [0.25, 0.3) is 5.91 Å². The molecule has 0 aliphatic rings. The maximum Gasteiger partial charge on any atom is 0.251 e. The van der Waals surface area contributed by atoms with E-state index in [9.17, 15) is 4.79 Å². The van der Waals surface area contributed by atoms with Gasteiger partial charge in [-0.2, -0.15) is 0 Å². The number of rotatable bonds is 5. The highest BCUT2D eigenvalue weighted by atomic mass is 16.1. The third kappa shape index (κ3) is 4.04. The smallest absolute Gasteiger partial charge is 0.251 e. The van der Waals surface area contributed by atoms with E-state index in [2.05, 4.69) is 24.1 Å². The third-order valence-electron chi connectivity index (χ3n) is 3.08. The molecule has 1 atom stereocenters. The lowest BCUT2D eigenvalue weighted by Gasteiger charge is -2.28. The molecular weight excluding hydrogens is 226 g/mol. The number of nitrogens with one attached hydrogen (secondary N) is 1. The van der Waals surface area contributed by atoms with Crippen LogP contribution in [0.5, 0.6) is 0 Å². The number of amides is 1. The monoisotopic (exact) mass is 249 g/mol. The van der Waals surface area contributed by atoms with Gasteiger partial charge in [-0.15, -0.1) is 0 Å². The van der Waals surface area contributed by atoms with Gasteiger partial charge in [0.05, 0.1) is 0 Å². The predicted molar refractivity (Wildman–Crippen MR) is 75.5 cm³/mol. The number of nitrogen functional groups attached to an aromatic ring is 1. The molecule has 1 rings (SSSR count). The van der Waals surface area contributed by atoms with Gasteiger partial charge in [-0.25, -0.2) is 0 Å². The van der Waals surface area contributed by atoms with Gasteiger partial charge in [-0.05, 0) is 44.3 Å². The minimum atomic E-state index is -0.0532. The van der Waals surface area contributed by atoms with Crippen molar-refractivity contribution in [3.05, 3.63) is 29.8 Å². The van der Waals surface area contributed by atoms with Gasteiger partial charge in [-0.1, -0.05) is 13.8 Å². The van der Waals surface area contributed by atoms with Crippen molar-refractivity contribution in [2.75, 3.05) is 26.4 Å². The number of carbonyl (C=O) groups is 1. The number of hydrogen-bond donors (Lipinski definition) is 2. The van der Waals surface area contributed by atoms with Gasteiger partial charge >= 0.3 is 0 Å². The minimum Gasteiger partial charge on any atom is -0.399 e. The van der Waals surface area contributed by atoms with E-state index in [4.69, 9.17) is 5.73 Å². The molecule has 0 heterocycles. The number of nitrogens with zero attached hydrogens (tertiary/aromatic N) is 1. The number of hydrogen-bond acceptors (Lipinski definition) is 3. The van der Waals surface area contributed by atoms with Gasteiger partial charge in [0, 0.05) is 23.8 Å². The molecule has 4 nitrogen and oxygen atoms in total. The summed E-state index contributed by atoms with van der Waals surface area (Å²) in [6.45, 7) is 4.95. The fraction of sp³-hybridized carbons (Fsp3) is 0.500. The molecule has 0 saturated heterocycles. The second-order valence-corrected chi connectivity index (χ2v) is 5.11. The molecule has 0 aliphatic carbocycles. The van der Waals surface area contributed by atoms with E-state index in [0.29, 0.717) is 29.8 Å². The van der Waals surface area contributed by atoms with Crippen LogP contribution in [0.1, 0.15) is 24.2 Å². The summed E-state index contributed by atoms with van der Waals surface area (Å²) in [5.41, 5.74) is 6.90. The van der Waals surface area contributed by atoms with Crippen LogP contribution in [0.3, 0.4) is 0 Å². The Morgan fingerprint density at radius 3 is 2.28 bits per heavy atom. The summed E-state index contributed by atoms with van der Waals surface area (Å²) in [7, 11) is 4.06. The first-order chi connectivity index (χ1) is 8.41. The van der Waals surface area contributed by atoms with Crippen molar-refractivity contribution in [1.29, 1.82) is 0 Å². The molecule has 0 bridgehead atoms. The quantitative estimate of drug-likeness (QED) is 0.779. The van der Waals surface area contributed by atoms with Gasteiger partial charge in [0.2, 0.25) is 0 Å². The molecule has 0 aromatic heterocycles. The average molecular weight is 249 g/mol. The van der Waals surface area contributed by atoms with Crippen LogP contribution >= 0.6 is 0 Å². The Labute approximate surface area is 109 Å². The third-order valence-corrected chi connectivity index (χ3v) is 3.08. The van der Waals surface area contributed by atoms with Crippen molar-refractivity contribution in [2.45, 2.75) is 19.9 Å². The van der Waals surface area contributed by atoms with E-state index in [1.807, 2.05) is 14.1 Å². The molecule has 0 saturated carbocycles. The zero-order chi connectivity index (χ0) is 13.7. The molecule has 0 fully saturated rings. The Morgan fingerprint density at radius 2 is 1.83 bits per heavy atom. The van der Waals surface area contributed by atoms with E-state index in [-0.39, 0.29) is 5.91 Å². The van der Waals surface area contributed by atoms with Crippen LogP contribution in [0.25, 0.3) is 0 Å². The number of nitrogens with two attached hydrogens (primary N) is 1. The standard InChI is InChI=1S/C14H23N3O/c1-10(2)13(17(3)4)9-16-14(18)11-5-7-12(15)8-6-11/h5-8,10,13H,9,15H2,1-4H3,(H,16,18). The Kier molecular flexibility index (Phi) is 5.16. The normalized spacial score (nSPS) is 12.8. The van der Waals surface area contributed by atoms with Crippen LogP contribution in [-0.2, 0) is 0 Å². The minimum absolute atomic E-state index is 0.0532. The molecular formula is C14H23N3O. The number of carbonyl (C=O) groups excluding carboxylic acids is 1. The van der Waals surface area contributed by atoms with Crippen LogP contribution in [-0.4, -0.2) is 37.5 Å². The summed E-state index contributed by atoms with van der Waals surface area (Å²) in [4.78, 5) is 14.1. The van der Waals surface area contributed by atoms with E-state index in [0.717, 1.165) is 0 Å². The SMILES string of the molecule is CC(C)C(CNC(=O)c1ccc(N)cc1)N(C)C. The molecule has 4 heteroatoms. The lowest BCUT2D eigenvalue weighted by molar-refractivity contribution is 0.0934. The molecule has 0 radical (unpaired) electrons. The number of anilines is 1. The molecule has 3 N–H and O–H groups in total. The summed E-state index contributed by atoms with van der Waals surface area (Å²) in [5, 5.41) is 2.96. The maximum absolute atomic E-state index is 11.9. The van der Waals surface area contributed by atoms with Gasteiger partial charge in [0.15, 0.2) is 0 Å². The highest BCUT2D eigenvalue weighted by Crippen LogP contribution is 2.08. The van der Waals surface area contributed by atoms with Crippen molar-refractivity contribution in [3.63, 3.8) is 0 Å². The van der Waals surface area contributed by atoms with Crippen LogP contribution in [0.4, 0.5) is 5.69 Å². The maximum atomic E-state index is 11.9. The topological polar surface area (TPSA) is 58.4 Å². The largest absolute Gasteiger partial charge is 0.399 e. The van der Waals surface area contributed by atoms with Gasteiger partial charge < -0.3 is 16.0 Å². The Balaban J connectivity index is 2.57. The Hall–Kier alpha value is -1.55. The molecule has 100 valence electrons. The summed E-state index contributed by atoms with van der Waals surface area (Å²) < 4.78 is 0. The second kappa shape index (κ2) is 6.40. The second-order valence-electron chi connectivity index (χ2n) is 5.11. The van der Waals surface area contributed by atoms with Crippen molar-refractivity contribution in [2.24, 2.45) is 5.92 Å². The summed E-state index contributed by atoms with van der Waals surface area (Å²) in [6, 6.07) is 7.29. The zero-order valence-corrected chi connectivity index (χ0v) is 11.6. The highest BCUT2D eigenvalue weighted by molar-refractivity contribution is 5.94. The van der Waals surface area contributed by atoms with Crippen molar-refractivity contribution < 1.29 is 4.79 Å². The van der Waals surface area contributed by atoms with Crippen molar-refractivity contribution in [3.8, 4) is 0 Å². The first kappa shape index (κ1) is 14.5. The highest BCUT2D eigenvalue weighted by Gasteiger charge is 2.16. The Morgan fingerprint density at radius 1 is 1.28 bits per heavy atom. The molecule has 1 aromatic carbocycles. The zero-order valence-electron chi connectivity index (χ0n) is 11.6. The van der Waals surface area contributed by atoms with Gasteiger partial charge in [-0.3, -0.25) is 4.79 Å². The molecule has 0 aliphatic heterocycles. The van der Waals surface area contributed by atoms with Crippen LogP contribution in [0.2, 0.25) is 0 Å². The fourth-order valence-electron chi connectivity index (χ4n) is 1.95. The van der Waals surface area contributed by atoms with Crippen LogP contribution in [0.15, 0.2) is 24.3 Å². The number of likely N-dealkylation sites (N-methyl/N-ethyl adjacent to an activating group) is 1. The van der Waals surface area contributed by atoms with Crippen molar-refractivity contribution >= 4 is 11.6 Å². The van der Waals surface area contributed by atoms with Crippen LogP contribution < -0.4 is 11.1 Å². The lowest BCUT2D eigenvalue weighted by Crippen LogP contribution is -2.43. The molecule has 1 amide bonds. The van der Waals surface area contributed by atoms with Gasteiger partial charge in [0.1, 0.15) is 0 Å². The van der Waals surface area contributed by atoms with E-state index in [1.165, 1.54) is 0 Å². The predicted octanol–water partition coefficient (Wildman–Crippen LogP) is 1.58. The lowest BCUT2D eigenvalue weighted by atomic mass is 10.0. The molecule has 1 aromatic rings. The summed E-state index contributed by atoms with van der Waals surface area (Å²) in [5.74, 6) is 0.439. The van der Waals surface area contributed by atoms with E-state index in [1.54, 1.807) is 24.3 Å². The molecule has 0 spiro atoms. The fourth-order valence-corrected chi connectivity index (χ4v) is 1.95.